The first-order chi connectivity index (χ1) is 13.9. The Kier molecular flexibility index (Phi) is 5.46. The van der Waals surface area contributed by atoms with Crippen molar-refractivity contribution in [2.75, 3.05) is 12.3 Å². The summed E-state index contributed by atoms with van der Waals surface area (Å²) in [5.74, 6) is -0.976. The van der Waals surface area contributed by atoms with Gasteiger partial charge in [-0.15, -0.1) is 0 Å². The minimum atomic E-state index is -1.29. The number of nitrogens with two attached hydrogens (primary N) is 1. The third-order valence-electron chi connectivity index (χ3n) is 4.79. The molecule has 9 nitrogen and oxygen atoms in total. The number of aliphatic hydroxyl groups is 1. The number of nitrogens with zero attached hydrogens (tertiary/aromatic N) is 4. The first kappa shape index (κ1) is 19.7. The Balaban J connectivity index is 1.50. The van der Waals surface area contributed by atoms with E-state index in [9.17, 15) is 5.11 Å². The number of anilines is 1. The molecule has 3 unspecified atom stereocenters. The van der Waals surface area contributed by atoms with Crippen molar-refractivity contribution < 1.29 is 14.6 Å². The molecule has 0 bridgehead atoms. The van der Waals surface area contributed by atoms with E-state index >= 15 is 0 Å². The molecule has 0 radical (unpaired) electrons. The van der Waals surface area contributed by atoms with Crippen LogP contribution in [0.25, 0.3) is 11.2 Å². The van der Waals surface area contributed by atoms with Crippen LogP contribution in [0.5, 0.6) is 0 Å². The number of ether oxygens (including phenoxy) is 2. The van der Waals surface area contributed by atoms with Gasteiger partial charge in [0.2, 0.25) is 0 Å². The summed E-state index contributed by atoms with van der Waals surface area (Å²) < 4.78 is 14.0. The normalized spacial score (nSPS) is 22.4. The maximum absolute atomic E-state index is 10.2. The van der Waals surface area contributed by atoms with Gasteiger partial charge in [-0.25, -0.2) is 15.0 Å². The van der Waals surface area contributed by atoms with Gasteiger partial charge in [-0.05, 0) is 19.4 Å². The monoisotopic (exact) mass is 398 g/mol. The summed E-state index contributed by atoms with van der Waals surface area (Å²) in [6.07, 6.45) is 2.71. The fraction of sp³-hybridized carbons (Fsp3) is 0.450. The Hall–Kier alpha value is -2.59. The van der Waals surface area contributed by atoms with Crippen molar-refractivity contribution in [2.45, 2.75) is 51.0 Å². The van der Waals surface area contributed by atoms with E-state index < -0.39 is 12.0 Å². The van der Waals surface area contributed by atoms with E-state index in [0.717, 1.165) is 6.54 Å². The summed E-state index contributed by atoms with van der Waals surface area (Å²) in [5.41, 5.74) is 8.20. The highest BCUT2D eigenvalue weighted by atomic mass is 16.7. The van der Waals surface area contributed by atoms with Crippen LogP contribution in [0.3, 0.4) is 0 Å². The molecule has 9 heteroatoms. The van der Waals surface area contributed by atoms with E-state index in [2.05, 4.69) is 32.4 Å². The minimum Gasteiger partial charge on any atom is -0.382 e. The molecule has 1 aromatic carbocycles. The van der Waals surface area contributed by atoms with Crippen molar-refractivity contribution >= 4 is 17.0 Å². The molecule has 154 valence electrons. The molecule has 1 aliphatic rings. The standard InChI is InChI=1S/C20H26N6O3/c1-20(2,27)29-15-8-14(10-22-9-13-6-4-3-5-7-13)28-19(15)26-12-25-16-17(21)23-11-24-18(16)26/h3-7,11-12,14-15,19,22,27H,8-10H2,1-2H3,(H2,21,23,24). The smallest absolute Gasteiger partial charge is 0.167 e. The van der Waals surface area contributed by atoms with Crippen molar-refractivity contribution in [1.29, 1.82) is 0 Å². The number of nitrogen functional groups attached to an aromatic ring is 1. The number of imidazole rings is 1. The number of fused-ring (bicyclic) bond motifs is 1. The number of hydrogen-bond acceptors (Lipinski definition) is 8. The lowest BCUT2D eigenvalue weighted by atomic mass is 10.1. The zero-order chi connectivity index (χ0) is 20.4. The van der Waals surface area contributed by atoms with Crippen LogP contribution in [-0.2, 0) is 16.0 Å². The number of hydrogen-bond donors (Lipinski definition) is 3. The fourth-order valence-electron chi connectivity index (χ4n) is 3.60. The molecule has 0 saturated carbocycles. The molecule has 1 fully saturated rings. The van der Waals surface area contributed by atoms with Gasteiger partial charge in [0.1, 0.15) is 17.9 Å². The van der Waals surface area contributed by atoms with Gasteiger partial charge in [-0.3, -0.25) is 4.57 Å². The van der Waals surface area contributed by atoms with Crippen LogP contribution in [0, 0.1) is 0 Å². The average Bonchev–Trinajstić information content (AvgIpc) is 3.26. The zero-order valence-electron chi connectivity index (χ0n) is 16.5. The lowest BCUT2D eigenvalue weighted by Crippen LogP contribution is -2.33. The molecular formula is C20H26N6O3. The van der Waals surface area contributed by atoms with Crippen LogP contribution in [0.2, 0.25) is 0 Å². The first-order valence-corrected chi connectivity index (χ1v) is 9.64. The maximum atomic E-state index is 10.2. The summed E-state index contributed by atoms with van der Waals surface area (Å²) in [7, 11) is 0. The van der Waals surface area contributed by atoms with Crippen molar-refractivity contribution in [3.63, 3.8) is 0 Å². The molecule has 1 aliphatic heterocycles. The topological polar surface area (TPSA) is 120 Å². The number of aromatic nitrogens is 4. The van der Waals surface area contributed by atoms with Crippen molar-refractivity contribution in [1.82, 2.24) is 24.8 Å². The Morgan fingerprint density at radius 1 is 1.28 bits per heavy atom. The molecule has 29 heavy (non-hydrogen) atoms. The molecule has 1 saturated heterocycles. The van der Waals surface area contributed by atoms with Gasteiger partial charge in [-0.2, -0.15) is 0 Å². The predicted molar refractivity (Wildman–Crippen MR) is 108 cm³/mol. The van der Waals surface area contributed by atoms with Crippen molar-refractivity contribution in [3.8, 4) is 0 Å². The van der Waals surface area contributed by atoms with Crippen LogP contribution < -0.4 is 11.1 Å². The highest BCUT2D eigenvalue weighted by molar-refractivity contribution is 5.81. The van der Waals surface area contributed by atoms with E-state index in [1.54, 1.807) is 24.7 Å². The highest BCUT2D eigenvalue weighted by Gasteiger charge is 2.40. The van der Waals surface area contributed by atoms with Crippen molar-refractivity contribution in [2.24, 2.45) is 0 Å². The molecular weight excluding hydrogens is 372 g/mol. The lowest BCUT2D eigenvalue weighted by molar-refractivity contribution is -0.222. The van der Waals surface area contributed by atoms with Crippen molar-refractivity contribution in [3.05, 3.63) is 48.5 Å². The predicted octanol–water partition coefficient (Wildman–Crippen LogP) is 1.60. The minimum absolute atomic E-state index is 0.0901. The third-order valence-corrected chi connectivity index (χ3v) is 4.79. The molecule has 0 spiro atoms. The zero-order valence-corrected chi connectivity index (χ0v) is 16.5. The quantitative estimate of drug-likeness (QED) is 0.513. The second kappa shape index (κ2) is 8.03. The SMILES string of the molecule is CC(C)(O)OC1CC(CNCc2ccccc2)OC1n1cnc2c(N)ncnc21. The van der Waals surface area contributed by atoms with Gasteiger partial charge in [0.05, 0.1) is 12.4 Å². The first-order valence-electron chi connectivity index (χ1n) is 9.64. The molecule has 4 rings (SSSR count). The second-order valence-electron chi connectivity index (χ2n) is 7.69. The van der Waals surface area contributed by atoms with E-state index in [-0.39, 0.29) is 12.2 Å². The van der Waals surface area contributed by atoms with Gasteiger partial charge < -0.3 is 25.6 Å². The third kappa shape index (κ3) is 4.54. The Morgan fingerprint density at radius 2 is 2.07 bits per heavy atom. The Labute approximate surface area is 168 Å². The van der Waals surface area contributed by atoms with E-state index in [1.807, 2.05) is 18.2 Å². The van der Waals surface area contributed by atoms with Gasteiger partial charge in [0.25, 0.3) is 0 Å². The van der Waals surface area contributed by atoms with E-state index in [1.165, 1.54) is 11.9 Å². The van der Waals surface area contributed by atoms with E-state index in [4.69, 9.17) is 15.2 Å². The summed E-state index contributed by atoms with van der Waals surface area (Å²) in [6, 6.07) is 10.2. The Bertz CT molecular complexity index is 956. The number of rotatable bonds is 7. The summed E-state index contributed by atoms with van der Waals surface area (Å²) in [6.45, 7) is 4.62. The van der Waals surface area contributed by atoms with Crippen LogP contribution in [-0.4, -0.2) is 49.2 Å². The van der Waals surface area contributed by atoms with Gasteiger partial charge in [0.15, 0.2) is 23.5 Å². The Morgan fingerprint density at radius 3 is 2.83 bits per heavy atom. The van der Waals surface area contributed by atoms with Crippen LogP contribution >= 0.6 is 0 Å². The number of benzene rings is 1. The van der Waals surface area contributed by atoms with Gasteiger partial charge >= 0.3 is 0 Å². The maximum Gasteiger partial charge on any atom is 0.167 e. The molecule has 4 N–H and O–H groups in total. The van der Waals surface area contributed by atoms with Gasteiger partial charge in [-0.1, -0.05) is 30.3 Å². The van der Waals surface area contributed by atoms with Crippen LogP contribution in [0.15, 0.2) is 43.0 Å². The fourth-order valence-corrected chi connectivity index (χ4v) is 3.60. The average molecular weight is 398 g/mol. The molecule has 2 aromatic heterocycles. The molecule has 0 amide bonds. The summed E-state index contributed by atoms with van der Waals surface area (Å²) in [5, 5.41) is 13.6. The van der Waals surface area contributed by atoms with E-state index in [0.29, 0.717) is 29.9 Å². The van der Waals surface area contributed by atoms with Gasteiger partial charge in [0, 0.05) is 19.5 Å². The van der Waals surface area contributed by atoms with Crippen LogP contribution in [0.1, 0.15) is 32.1 Å². The lowest BCUT2D eigenvalue weighted by Gasteiger charge is -2.27. The number of nitrogens with one attached hydrogen (secondary N) is 1. The molecule has 3 aromatic rings. The highest BCUT2D eigenvalue weighted by Crippen LogP contribution is 2.35. The second-order valence-corrected chi connectivity index (χ2v) is 7.69. The molecule has 0 aliphatic carbocycles. The summed E-state index contributed by atoms with van der Waals surface area (Å²) >= 11 is 0. The molecule has 3 heterocycles. The van der Waals surface area contributed by atoms with Crippen LogP contribution in [0.4, 0.5) is 5.82 Å². The summed E-state index contributed by atoms with van der Waals surface area (Å²) in [4.78, 5) is 12.6. The molecule has 3 atom stereocenters. The largest absolute Gasteiger partial charge is 0.382 e.